The Bertz CT molecular complexity index is 1000. The molecular weight excluding hydrogens is 421 g/mol. The molecule has 0 bridgehead atoms. The first-order valence-corrected chi connectivity index (χ1v) is 10.5. The van der Waals surface area contributed by atoms with E-state index >= 15 is 0 Å². The van der Waals surface area contributed by atoms with E-state index in [2.05, 4.69) is 21.8 Å². The number of hydrogen-bond donors (Lipinski definition) is 1. The summed E-state index contributed by atoms with van der Waals surface area (Å²) >= 11 is 0. The van der Waals surface area contributed by atoms with Gasteiger partial charge in [-0.1, -0.05) is 6.58 Å². The number of hydrogen-bond acceptors (Lipinski definition) is 5. The Hall–Kier alpha value is -2.91. The predicted octanol–water partition coefficient (Wildman–Crippen LogP) is 4.31. The van der Waals surface area contributed by atoms with Crippen LogP contribution in [0.2, 0.25) is 0 Å². The van der Waals surface area contributed by atoms with Gasteiger partial charge in [0.05, 0.1) is 29.7 Å². The maximum Gasteiger partial charge on any atom is 0.419 e. The lowest BCUT2D eigenvalue weighted by molar-refractivity contribution is -0.137. The number of carbonyl (C=O) groups excluding carboxylic acids is 1. The van der Waals surface area contributed by atoms with Crippen LogP contribution in [0.1, 0.15) is 24.0 Å². The van der Waals surface area contributed by atoms with Crippen LogP contribution in [0.15, 0.2) is 43.2 Å². The second-order valence-corrected chi connectivity index (χ2v) is 7.96. The fraction of sp³-hybridized carbons (Fsp3) is 0.391. The average Bonchev–Trinajstić information content (AvgIpc) is 3.03. The Morgan fingerprint density at radius 2 is 2.00 bits per heavy atom. The second-order valence-electron chi connectivity index (χ2n) is 7.96. The summed E-state index contributed by atoms with van der Waals surface area (Å²) in [7, 11) is 1.65. The van der Waals surface area contributed by atoms with Gasteiger partial charge in [-0.05, 0) is 37.1 Å². The first-order chi connectivity index (χ1) is 15.3. The third kappa shape index (κ3) is 4.22. The van der Waals surface area contributed by atoms with Gasteiger partial charge < -0.3 is 15.0 Å². The SMILES string of the molecule is C=C1C(=O)N(c2cccnc2)c2ccc(NC3CCN(CCOC)CC3)c(C(F)(F)F)c21. The monoisotopic (exact) mass is 446 g/mol. The van der Waals surface area contributed by atoms with E-state index in [1.165, 1.54) is 23.4 Å². The van der Waals surface area contributed by atoms with Crippen LogP contribution in [0.3, 0.4) is 0 Å². The number of likely N-dealkylation sites (tertiary alicyclic amines) is 1. The number of fused-ring (bicyclic) bond motifs is 1. The van der Waals surface area contributed by atoms with Crippen molar-refractivity contribution in [2.75, 3.05) is 43.6 Å². The van der Waals surface area contributed by atoms with Crippen LogP contribution in [0.25, 0.3) is 5.57 Å². The minimum absolute atomic E-state index is 0.0198. The van der Waals surface area contributed by atoms with Gasteiger partial charge in [-0.25, -0.2) is 0 Å². The molecule has 0 unspecified atom stereocenters. The molecule has 1 aromatic heterocycles. The number of aromatic nitrogens is 1. The summed E-state index contributed by atoms with van der Waals surface area (Å²) in [6.07, 6.45) is -0.230. The zero-order chi connectivity index (χ0) is 22.9. The number of benzene rings is 1. The molecule has 1 fully saturated rings. The number of anilines is 3. The quantitative estimate of drug-likeness (QED) is 0.670. The van der Waals surface area contributed by atoms with E-state index in [1.54, 1.807) is 25.3 Å². The number of alkyl halides is 3. The number of carbonyl (C=O) groups is 1. The Morgan fingerprint density at radius 3 is 2.62 bits per heavy atom. The number of piperidine rings is 1. The number of rotatable bonds is 6. The first-order valence-electron chi connectivity index (χ1n) is 10.5. The van der Waals surface area contributed by atoms with E-state index in [4.69, 9.17) is 4.74 Å². The van der Waals surface area contributed by atoms with Crippen molar-refractivity contribution in [1.29, 1.82) is 0 Å². The third-order valence-corrected chi connectivity index (χ3v) is 5.93. The highest BCUT2D eigenvalue weighted by Gasteiger charge is 2.44. The van der Waals surface area contributed by atoms with Crippen LogP contribution < -0.4 is 10.2 Å². The summed E-state index contributed by atoms with van der Waals surface area (Å²) in [6.45, 7) is 6.70. The number of nitrogens with zero attached hydrogens (tertiary/aromatic N) is 3. The van der Waals surface area contributed by atoms with E-state index in [1.807, 2.05) is 0 Å². The Labute approximate surface area is 184 Å². The minimum atomic E-state index is -4.65. The van der Waals surface area contributed by atoms with Crippen molar-refractivity contribution in [3.8, 4) is 0 Å². The van der Waals surface area contributed by atoms with Crippen LogP contribution in [-0.4, -0.2) is 55.2 Å². The predicted molar refractivity (Wildman–Crippen MR) is 117 cm³/mol. The van der Waals surface area contributed by atoms with Crippen LogP contribution in [0.4, 0.5) is 30.2 Å². The molecular formula is C23H25F3N4O2. The lowest BCUT2D eigenvalue weighted by Gasteiger charge is -2.33. The molecule has 0 radical (unpaired) electrons. The van der Waals surface area contributed by atoms with Gasteiger partial charge in [-0.15, -0.1) is 0 Å². The first kappa shape index (κ1) is 22.3. The molecule has 1 N–H and O–H groups in total. The Morgan fingerprint density at radius 1 is 1.25 bits per heavy atom. The van der Waals surface area contributed by atoms with Crippen LogP contribution in [-0.2, 0) is 15.7 Å². The molecule has 170 valence electrons. The second kappa shape index (κ2) is 8.91. The van der Waals surface area contributed by atoms with Gasteiger partial charge in [0, 0.05) is 55.8 Å². The lowest BCUT2D eigenvalue weighted by atomic mass is 9.97. The molecule has 0 spiro atoms. The van der Waals surface area contributed by atoms with Gasteiger partial charge in [0.1, 0.15) is 0 Å². The molecule has 1 aromatic carbocycles. The van der Waals surface area contributed by atoms with E-state index in [-0.39, 0.29) is 28.6 Å². The Kier molecular flexibility index (Phi) is 6.21. The topological polar surface area (TPSA) is 57.7 Å². The van der Waals surface area contributed by atoms with Crippen LogP contribution >= 0.6 is 0 Å². The summed E-state index contributed by atoms with van der Waals surface area (Å²) in [5.41, 5.74) is -0.645. The molecule has 0 aliphatic carbocycles. The summed E-state index contributed by atoms with van der Waals surface area (Å²) in [5, 5.41) is 3.09. The average molecular weight is 446 g/mol. The smallest absolute Gasteiger partial charge is 0.383 e. The molecule has 32 heavy (non-hydrogen) atoms. The van der Waals surface area contributed by atoms with Gasteiger partial charge in [0.15, 0.2) is 0 Å². The molecule has 1 saturated heterocycles. The van der Waals surface area contributed by atoms with E-state index in [0.29, 0.717) is 12.3 Å². The summed E-state index contributed by atoms with van der Waals surface area (Å²) < 4.78 is 47.8. The fourth-order valence-electron chi connectivity index (χ4n) is 4.33. The molecule has 0 atom stereocenters. The third-order valence-electron chi connectivity index (χ3n) is 5.93. The standard InChI is InChI=1S/C23H25F3N4O2/c1-15-20-19(30(22(15)31)17-4-3-9-27-14-17)6-5-18(21(20)23(24,25)26)28-16-7-10-29(11-8-16)12-13-32-2/h3-6,9,14,16,28H,1,7-8,10-13H2,2H3. The molecule has 1 amide bonds. The van der Waals surface area contributed by atoms with Gasteiger partial charge >= 0.3 is 6.18 Å². The highest BCUT2D eigenvalue weighted by atomic mass is 19.4. The molecule has 2 aliphatic heterocycles. The number of nitrogens with one attached hydrogen (secondary N) is 1. The number of methoxy groups -OCH3 is 1. The van der Waals surface area contributed by atoms with Crippen molar-refractivity contribution >= 4 is 28.5 Å². The molecule has 2 aliphatic rings. The van der Waals surface area contributed by atoms with E-state index < -0.39 is 17.6 Å². The zero-order valence-electron chi connectivity index (χ0n) is 17.8. The molecule has 9 heteroatoms. The van der Waals surface area contributed by atoms with E-state index in [9.17, 15) is 18.0 Å². The maximum absolute atomic E-state index is 14.2. The van der Waals surface area contributed by atoms with Crippen molar-refractivity contribution in [3.63, 3.8) is 0 Å². The number of amides is 1. The van der Waals surface area contributed by atoms with Crippen molar-refractivity contribution in [3.05, 3.63) is 54.4 Å². The zero-order valence-corrected chi connectivity index (χ0v) is 17.8. The summed E-state index contributed by atoms with van der Waals surface area (Å²) in [6, 6.07) is 6.12. The van der Waals surface area contributed by atoms with Crippen LogP contribution in [0.5, 0.6) is 0 Å². The van der Waals surface area contributed by atoms with Crippen molar-refractivity contribution in [2.45, 2.75) is 25.1 Å². The van der Waals surface area contributed by atoms with E-state index in [0.717, 1.165) is 32.5 Å². The molecule has 4 rings (SSSR count). The van der Waals surface area contributed by atoms with Crippen LogP contribution in [0, 0.1) is 0 Å². The lowest BCUT2D eigenvalue weighted by Crippen LogP contribution is -2.40. The largest absolute Gasteiger partial charge is 0.419 e. The number of halogens is 3. The van der Waals surface area contributed by atoms with Crippen molar-refractivity contribution in [1.82, 2.24) is 9.88 Å². The molecule has 0 saturated carbocycles. The molecule has 2 aromatic rings. The van der Waals surface area contributed by atoms with Gasteiger partial charge in [0.25, 0.3) is 5.91 Å². The number of pyridine rings is 1. The molecule has 3 heterocycles. The Balaban J connectivity index is 1.65. The van der Waals surface area contributed by atoms with Gasteiger partial charge in [-0.3, -0.25) is 14.7 Å². The highest BCUT2D eigenvalue weighted by molar-refractivity contribution is 6.35. The van der Waals surface area contributed by atoms with Crippen molar-refractivity contribution in [2.24, 2.45) is 0 Å². The fourth-order valence-corrected chi connectivity index (χ4v) is 4.33. The summed E-state index contributed by atoms with van der Waals surface area (Å²) in [4.78, 5) is 20.3. The summed E-state index contributed by atoms with van der Waals surface area (Å²) in [5.74, 6) is -0.581. The molecule has 6 nitrogen and oxygen atoms in total. The minimum Gasteiger partial charge on any atom is -0.383 e. The van der Waals surface area contributed by atoms with Gasteiger partial charge in [0.2, 0.25) is 0 Å². The normalized spacial score (nSPS) is 17.7. The maximum atomic E-state index is 14.2. The highest BCUT2D eigenvalue weighted by Crippen LogP contribution is 2.49. The number of ether oxygens (including phenoxy) is 1. The van der Waals surface area contributed by atoms with Crippen molar-refractivity contribution < 1.29 is 22.7 Å². The van der Waals surface area contributed by atoms with Gasteiger partial charge in [-0.2, -0.15) is 13.2 Å².